The van der Waals surface area contributed by atoms with Crippen molar-refractivity contribution in [2.45, 2.75) is 58.5 Å². The van der Waals surface area contributed by atoms with Crippen LogP contribution in [0.2, 0.25) is 0 Å². The first kappa shape index (κ1) is 18.7. The molecule has 1 heteroatoms. The first-order valence-electron chi connectivity index (χ1n) is 9.54. The van der Waals surface area contributed by atoms with E-state index in [4.69, 9.17) is 4.74 Å². The second-order valence-electron chi connectivity index (χ2n) is 6.65. The lowest BCUT2D eigenvalue weighted by atomic mass is 9.85. The molecular formula is C23H32O. The monoisotopic (exact) mass is 324 g/mol. The Balaban J connectivity index is 0.000000292. The fraction of sp³-hybridized carbons (Fsp3) is 0.478. The maximum Gasteiger partial charge on any atom is 0.0716 e. The van der Waals surface area contributed by atoms with E-state index in [-0.39, 0.29) is 0 Å². The molecule has 0 atom stereocenters. The Morgan fingerprint density at radius 2 is 1.33 bits per heavy atom. The van der Waals surface area contributed by atoms with Gasteiger partial charge in [-0.2, -0.15) is 0 Å². The van der Waals surface area contributed by atoms with E-state index in [0.29, 0.717) is 0 Å². The van der Waals surface area contributed by atoms with Gasteiger partial charge in [0.1, 0.15) is 0 Å². The Labute approximate surface area is 148 Å². The van der Waals surface area contributed by atoms with Crippen molar-refractivity contribution in [2.24, 2.45) is 5.92 Å². The van der Waals surface area contributed by atoms with Crippen molar-refractivity contribution in [1.82, 2.24) is 0 Å². The molecule has 0 bridgehead atoms. The predicted octanol–water partition coefficient (Wildman–Crippen LogP) is 6.42. The lowest BCUT2D eigenvalue weighted by Gasteiger charge is -2.21. The molecule has 1 aliphatic carbocycles. The summed E-state index contributed by atoms with van der Waals surface area (Å²) in [6.07, 6.45) is 9.92. The highest BCUT2D eigenvalue weighted by Crippen LogP contribution is 2.27. The van der Waals surface area contributed by atoms with Crippen molar-refractivity contribution in [3.8, 4) is 0 Å². The summed E-state index contributed by atoms with van der Waals surface area (Å²) in [7, 11) is 0. The topological polar surface area (TPSA) is 9.23 Å². The van der Waals surface area contributed by atoms with Crippen LogP contribution in [0.5, 0.6) is 0 Å². The van der Waals surface area contributed by atoms with E-state index in [1.807, 2.05) is 43.3 Å². The summed E-state index contributed by atoms with van der Waals surface area (Å²) in [5.74, 6) is 0.988. The van der Waals surface area contributed by atoms with E-state index >= 15 is 0 Å². The molecule has 0 radical (unpaired) electrons. The zero-order valence-corrected chi connectivity index (χ0v) is 15.1. The second-order valence-corrected chi connectivity index (χ2v) is 6.65. The van der Waals surface area contributed by atoms with Gasteiger partial charge in [-0.05, 0) is 36.8 Å². The lowest BCUT2D eigenvalue weighted by Crippen LogP contribution is -2.07. The number of aryl methyl sites for hydroxylation is 1. The van der Waals surface area contributed by atoms with Gasteiger partial charge in [-0.3, -0.25) is 0 Å². The molecule has 0 N–H and O–H groups in total. The zero-order valence-electron chi connectivity index (χ0n) is 15.1. The van der Waals surface area contributed by atoms with Crippen LogP contribution in [0, 0.1) is 5.92 Å². The third-order valence-corrected chi connectivity index (χ3v) is 4.73. The summed E-state index contributed by atoms with van der Waals surface area (Å²) in [5, 5.41) is 0. The van der Waals surface area contributed by atoms with Gasteiger partial charge in [0.25, 0.3) is 0 Å². The molecule has 2 aromatic rings. The summed E-state index contributed by atoms with van der Waals surface area (Å²) in [4.78, 5) is 0. The van der Waals surface area contributed by atoms with Crippen molar-refractivity contribution in [1.29, 1.82) is 0 Å². The smallest absolute Gasteiger partial charge is 0.0716 e. The SMILES string of the molecule is CCOCc1ccc(CCC2CCCCC2)cc1.c1ccccc1. The molecule has 0 unspecified atom stereocenters. The molecule has 0 amide bonds. The van der Waals surface area contributed by atoms with Crippen molar-refractivity contribution in [3.63, 3.8) is 0 Å². The highest BCUT2D eigenvalue weighted by Gasteiger charge is 2.12. The molecule has 24 heavy (non-hydrogen) atoms. The van der Waals surface area contributed by atoms with E-state index in [9.17, 15) is 0 Å². The predicted molar refractivity (Wildman–Crippen MR) is 103 cm³/mol. The molecule has 2 aromatic carbocycles. The molecule has 0 spiro atoms. The Morgan fingerprint density at radius 3 is 1.88 bits per heavy atom. The third-order valence-electron chi connectivity index (χ3n) is 4.73. The van der Waals surface area contributed by atoms with Gasteiger partial charge in [0.2, 0.25) is 0 Å². The maximum absolute atomic E-state index is 5.41. The van der Waals surface area contributed by atoms with Crippen LogP contribution in [-0.4, -0.2) is 6.61 Å². The molecule has 0 aromatic heterocycles. The van der Waals surface area contributed by atoms with E-state index < -0.39 is 0 Å². The van der Waals surface area contributed by atoms with Crippen molar-refractivity contribution < 1.29 is 4.74 Å². The number of hydrogen-bond acceptors (Lipinski definition) is 1. The van der Waals surface area contributed by atoms with Crippen molar-refractivity contribution in [3.05, 3.63) is 71.8 Å². The molecule has 0 heterocycles. The summed E-state index contributed by atoms with van der Waals surface area (Å²) in [5.41, 5.74) is 2.78. The summed E-state index contributed by atoms with van der Waals surface area (Å²) < 4.78 is 5.41. The third kappa shape index (κ3) is 7.79. The van der Waals surface area contributed by atoms with Gasteiger partial charge >= 0.3 is 0 Å². The lowest BCUT2D eigenvalue weighted by molar-refractivity contribution is 0.134. The van der Waals surface area contributed by atoms with Gasteiger partial charge in [-0.25, -0.2) is 0 Å². The van der Waals surface area contributed by atoms with Crippen LogP contribution < -0.4 is 0 Å². The Bertz CT molecular complexity index is 485. The van der Waals surface area contributed by atoms with E-state index in [2.05, 4.69) is 24.3 Å². The minimum absolute atomic E-state index is 0.749. The van der Waals surface area contributed by atoms with Crippen LogP contribution in [0.25, 0.3) is 0 Å². The minimum Gasteiger partial charge on any atom is -0.377 e. The van der Waals surface area contributed by atoms with Gasteiger partial charge in [0.15, 0.2) is 0 Å². The molecule has 0 saturated heterocycles. The molecule has 1 aliphatic rings. The molecule has 130 valence electrons. The Kier molecular flexibility index (Phi) is 9.26. The molecular weight excluding hydrogens is 292 g/mol. The molecule has 1 fully saturated rings. The normalized spacial score (nSPS) is 14.7. The van der Waals surface area contributed by atoms with E-state index in [0.717, 1.165) is 19.1 Å². The highest BCUT2D eigenvalue weighted by molar-refractivity contribution is 5.22. The first-order valence-corrected chi connectivity index (χ1v) is 9.54. The number of hydrogen-bond donors (Lipinski definition) is 0. The fourth-order valence-electron chi connectivity index (χ4n) is 3.25. The van der Waals surface area contributed by atoms with Crippen LogP contribution in [0.15, 0.2) is 60.7 Å². The van der Waals surface area contributed by atoms with Gasteiger partial charge in [0, 0.05) is 6.61 Å². The van der Waals surface area contributed by atoms with E-state index in [1.165, 1.54) is 56.1 Å². The Morgan fingerprint density at radius 1 is 0.792 bits per heavy atom. The maximum atomic E-state index is 5.41. The number of ether oxygens (including phenoxy) is 1. The molecule has 3 rings (SSSR count). The molecule has 1 nitrogen and oxygen atoms in total. The largest absolute Gasteiger partial charge is 0.377 e. The quantitative estimate of drug-likeness (QED) is 0.595. The van der Waals surface area contributed by atoms with Crippen LogP contribution in [0.4, 0.5) is 0 Å². The van der Waals surface area contributed by atoms with Crippen LogP contribution in [0.1, 0.15) is 56.6 Å². The van der Waals surface area contributed by atoms with Crippen LogP contribution in [0.3, 0.4) is 0 Å². The van der Waals surface area contributed by atoms with Gasteiger partial charge in [-0.15, -0.1) is 0 Å². The standard InChI is InChI=1S/C17H26O.C6H6/c1-2-18-14-17-12-10-16(11-13-17)9-8-15-6-4-3-5-7-15;1-2-4-6-5-3-1/h10-13,15H,2-9,14H2,1H3;1-6H. The van der Waals surface area contributed by atoms with E-state index in [1.54, 1.807) is 0 Å². The first-order chi connectivity index (χ1) is 11.9. The second kappa shape index (κ2) is 11.9. The van der Waals surface area contributed by atoms with Gasteiger partial charge < -0.3 is 4.74 Å². The van der Waals surface area contributed by atoms with Crippen molar-refractivity contribution in [2.75, 3.05) is 6.61 Å². The molecule has 1 saturated carbocycles. The van der Waals surface area contributed by atoms with Crippen LogP contribution in [-0.2, 0) is 17.8 Å². The van der Waals surface area contributed by atoms with Crippen LogP contribution >= 0.6 is 0 Å². The average Bonchev–Trinajstić information content (AvgIpc) is 2.68. The Hall–Kier alpha value is -1.60. The van der Waals surface area contributed by atoms with Gasteiger partial charge in [-0.1, -0.05) is 92.8 Å². The van der Waals surface area contributed by atoms with Gasteiger partial charge in [0.05, 0.1) is 6.61 Å². The average molecular weight is 325 g/mol. The highest BCUT2D eigenvalue weighted by atomic mass is 16.5. The summed E-state index contributed by atoms with van der Waals surface area (Å²) in [6.45, 7) is 3.58. The summed E-state index contributed by atoms with van der Waals surface area (Å²) >= 11 is 0. The van der Waals surface area contributed by atoms with Crippen molar-refractivity contribution >= 4 is 0 Å². The summed E-state index contributed by atoms with van der Waals surface area (Å²) in [6, 6.07) is 21.0. The fourth-order valence-corrected chi connectivity index (χ4v) is 3.25. The number of rotatable bonds is 6. The molecule has 0 aliphatic heterocycles. The number of benzene rings is 2. The minimum atomic E-state index is 0.749. The zero-order chi connectivity index (χ0) is 16.9.